The van der Waals surface area contributed by atoms with Gasteiger partial charge in [-0.15, -0.1) is 0 Å². The molecule has 1 aliphatic rings. The summed E-state index contributed by atoms with van der Waals surface area (Å²) in [7, 11) is 1.72. The predicted octanol–water partition coefficient (Wildman–Crippen LogP) is 0.318. The Balaban J connectivity index is 2.52. The normalized spacial score (nSPS) is 34.2. The van der Waals surface area contributed by atoms with Gasteiger partial charge < -0.3 is 10.0 Å². The summed E-state index contributed by atoms with van der Waals surface area (Å²) < 4.78 is 25.0. The lowest BCUT2D eigenvalue weighted by Gasteiger charge is -2.33. The van der Waals surface area contributed by atoms with Gasteiger partial charge in [0.2, 0.25) is 0 Å². The number of likely N-dealkylation sites (tertiary alicyclic amines) is 1. The van der Waals surface area contributed by atoms with Gasteiger partial charge in [-0.25, -0.2) is 8.78 Å². The van der Waals surface area contributed by atoms with Crippen molar-refractivity contribution in [1.82, 2.24) is 4.90 Å². The summed E-state index contributed by atoms with van der Waals surface area (Å²) in [6, 6.07) is 0. The molecule has 1 saturated heterocycles. The number of β-amino-alcohol motifs (C(OH)–C–C–N with tert-alkyl or cyclic N) is 1. The van der Waals surface area contributed by atoms with Gasteiger partial charge in [-0.3, -0.25) is 0 Å². The minimum atomic E-state index is -2.87. The first-order valence-electron chi connectivity index (χ1n) is 3.27. The molecule has 10 heavy (non-hydrogen) atoms. The largest absolute Gasteiger partial charge is 0.386 e. The smallest absolute Gasteiger partial charge is 0.275 e. The number of aliphatic hydroxyl groups excluding tert-OH is 1. The highest BCUT2D eigenvalue weighted by Gasteiger charge is 2.41. The number of hydrogen-bond acceptors (Lipinski definition) is 2. The number of likely N-dealkylation sites (N-methyl/N-ethyl adjacent to an activating group) is 1. The Kier molecular flexibility index (Phi) is 1.92. The van der Waals surface area contributed by atoms with Crippen molar-refractivity contribution < 1.29 is 13.9 Å². The molecule has 1 aliphatic heterocycles. The molecular formula is C6H11F2NO. The van der Waals surface area contributed by atoms with Gasteiger partial charge in [0.1, 0.15) is 6.10 Å². The highest BCUT2D eigenvalue weighted by molar-refractivity contribution is 4.84. The Morgan fingerprint density at radius 1 is 1.60 bits per heavy atom. The van der Waals surface area contributed by atoms with Crippen molar-refractivity contribution in [2.24, 2.45) is 0 Å². The van der Waals surface area contributed by atoms with Crippen molar-refractivity contribution in [3.8, 4) is 0 Å². The molecule has 0 aliphatic carbocycles. The molecule has 0 aromatic rings. The van der Waals surface area contributed by atoms with Crippen LogP contribution in [-0.4, -0.2) is 42.2 Å². The van der Waals surface area contributed by atoms with Gasteiger partial charge in [0.15, 0.2) is 0 Å². The molecule has 0 aromatic carbocycles. The summed E-state index contributed by atoms with van der Waals surface area (Å²) >= 11 is 0. The van der Waals surface area contributed by atoms with Crippen molar-refractivity contribution in [3.05, 3.63) is 0 Å². The Hall–Kier alpha value is -0.220. The fourth-order valence-corrected chi connectivity index (χ4v) is 1.03. The third kappa shape index (κ3) is 1.44. The zero-order valence-corrected chi connectivity index (χ0v) is 5.85. The molecule has 0 bridgehead atoms. The van der Waals surface area contributed by atoms with E-state index in [-0.39, 0.29) is 13.0 Å². The van der Waals surface area contributed by atoms with Gasteiger partial charge in [0.05, 0.1) is 0 Å². The SMILES string of the molecule is CN1CCC(F)(F)C(O)C1. The highest BCUT2D eigenvalue weighted by Crippen LogP contribution is 2.27. The van der Waals surface area contributed by atoms with E-state index in [1.807, 2.05) is 0 Å². The molecule has 1 N–H and O–H groups in total. The lowest BCUT2D eigenvalue weighted by atomic mass is 10.0. The summed E-state index contributed by atoms with van der Waals surface area (Å²) in [5.41, 5.74) is 0. The Bertz CT molecular complexity index is 129. The van der Waals surface area contributed by atoms with Crippen LogP contribution in [0.15, 0.2) is 0 Å². The van der Waals surface area contributed by atoms with Gasteiger partial charge in [-0.05, 0) is 7.05 Å². The van der Waals surface area contributed by atoms with E-state index in [0.29, 0.717) is 6.54 Å². The first-order chi connectivity index (χ1) is 4.52. The molecule has 0 amide bonds. The zero-order valence-electron chi connectivity index (χ0n) is 5.85. The monoisotopic (exact) mass is 151 g/mol. The van der Waals surface area contributed by atoms with Gasteiger partial charge in [0.25, 0.3) is 5.92 Å². The molecule has 0 radical (unpaired) electrons. The maximum absolute atomic E-state index is 12.5. The van der Waals surface area contributed by atoms with Crippen LogP contribution in [0.1, 0.15) is 6.42 Å². The second-order valence-corrected chi connectivity index (χ2v) is 2.79. The molecular weight excluding hydrogens is 140 g/mol. The van der Waals surface area contributed by atoms with Crippen molar-refractivity contribution in [2.45, 2.75) is 18.4 Å². The molecule has 4 heteroatoms. The van der Waals surface area contributed by atoms with Gasteiger partial charge >= 0.3 is 0 Å². The van der Waals surface area contributed by atoms with Gasteiger partial charge in [0, 0.05) is 19.5 Å². The summed E-state index contributed by atoms with van der Waals surface area (Å²) in [6.07, 6.45) is -1.71. The molecule has 2 nitrogen and oxygen atoms in total. The van der Waals surface area contributed by atoms with Crippen LogP contribution in [0.3, 0.4) is 0 Å². The Morgan fingerprint density at radius 2 is 2.20 bits per heavy atom. The third-order valence-electron chi connectivity index (χ3n) is 1.80. The molecule has 1 atom stereocenters. The van der Waals surface area contributed by atoms with Crippen LogP contribution in [0.25, 0.3) is 0 Å². The van der Waals surface area contributed by atoms with Crippen molar-refractivity contribution in [1.29, 1.82) is 0 Å². The molecule has 1 heterocycles. The van der Waals surface area contributed by atoms with Crippen LogP contribution in [0.4, 0.5) is 8.78 Å². The number of rotatable bonds is 0. The van der Waals surface area contributed by atoms with E-state index >= 15 is 0 Å². The second kappa shape index (κ2) is 2.43. The fourth-order valence-electron chi connectivity index (χ4n) is 1.03. The molecule has 0 saturated carbocycles. The summed E-state index contributed by atoms with van der Waals surface area (Å²) in [6.45, 7) is 0.442. The van der Waals surface area contributed by atoms with Gasteiger partial charge in [-0.2, -0.15) is 0 Å². The van der Waals surface area contributed by atoms with Crippen LogP contribution >= 0.6 is 0 Å². The summed E-state index contributed by atoms with van der Waals surface area (Å²) in [4.78, 5) is 1.70. The minimum Gasteiger partial charge on any atom is -0.386 e. The van der Waals surface area contributed by atoms with Crippen LogP contribution in [-0.2, 0) is 0 Å². The van der Waals surface area contributed by atoms with E-state index in [0.717, 1.165) is 0 Å². The van der Waals surface area contributed by atoms with Crippen LogP contribution in [0, 0.1) is 0 Å². The molecule has 1 rings (SSSR count). The minimum absolute atomic E-state index is 0.0764. The zero-order chi connectivity index (χ0) is 7.78. The average Bonchev–Trinajstić information content (AvgIpc) is 1.81. The van der Waals surface area contributed by atoms with Crippen LogP contribution in [0.2, 0.25) is 0 Å². The molecule has 1 unspecified atom stereocenters. The number of piperidine rings is 1. The van der Waals surface area contributed by atoms with Crippen molar-refractivity contribution in [3.63, 3.8) is 0 Å². The second-order valence-electron chi connectivity index (χ2n) is 2.79. The summed E-state index contributed by atoms with van der Waals surface area (Å²) in [5.74, 6) is -2.87. The van der Waals surface area contributed by atoms with Crippen molar-refractivity contribution in [2.75, 3.05) is 20.1 Å². The Labute approximate surface area is 58.4 Å². The number of nitrogens with zero attached hydrogens (tertiary/aromatic N) is 1. The lowest BCUT2D eigenvalue weighted by Crippen LogP contribution is -2.49. The topological polar surface area (TPSA) is 23.5 Å². The van der Waals surface area contributed by atoms with Gasteiger partial charge in [-0.1, -0.05) is 0 Å². The van der Waals surface area contributed by atoms with E-state index < -0.39 is 12.0 Å². The highest BCUT2D eigenvalue weighted by atomic mass is 19.3. The van der Waals surface area contributed by atoms with E-state index in [2.05, 4.69) is 0 Å². The van der Waals surface area contributed by atoms with E-state index in [4.69, 9.17) is 5.11 Å². The van der Waals surface area contributed by atoms with E-state index in [9.17, 15) is 8.78 Å². The van der Waals surface area contributed by atoms with Crippen LogP contribution < -0.4 is 0 Å². The standard InChI is InChI=1S/C6H11F2NO/c1-9-3-2-6(7,8)5(10)4-9/h5,10H,2-4H2,1H3. The quantitative estimate of drug-likeness (QED) is 0.539. The van der Waals surface area contributed by atoms with Crippen LogP contribution in [0.5, 0.6) is 0 Å². The number of aliphatic hydroxyl groups is 1. The van der Waals surface area contributed by atoms with E-state index in [1.54, 1.807) is 11.9 Å². The fraction of sp³-hybridized carbons (Fsp3) is 1.00. The third-order valence-corrected chi connectivity index (χ3v) is 1.80. The average molecular weight is 151 g/mol. The maximum Gasteiger partial charge on any atom is 0.275 e. The first kappa shape index (κ1) is 7.88. The molecule has 0 aromatic heterocycles. The number of halogens is 2. The predicted molar refractivity (Wildman–Crippen MR) is 33.1 cm³/mol. The molecule has 0 spiro atoms. The number of hydrogen-bond donors (Lipinski definition) is 1. The first-order valence-corrected chi connectivity index (χ1v) is 3.27. The summed E-state index contributed by atoms with van der Waals surface area (Å²) in [5, 5.41) is 8.82. The number of alkyl halides is 2. The van der Waals surface area contributed by atoms with Crippen molar-refractivity contribution >= 4 is 0 Å². The molecule has 60 valence electrons. The van der Waals surface area contributed by atoms with E-state index in [1.165, 1.54) is 0 Å². The Morgan fingerprint density at radius 3 is 2.60 bits per heavy atom. The lowest BCUT2D eigenvalue weighted by molar-refractivity contribution is -0.143. The molecule has 1 fully saturated rings. The maximum atomic E-state index is 12.5.